The van der Waals surface area contributed by atoms with Gasteiger partial charge in [0.05, 0.1) is 0 Å². The molecule has 23 valence electrons. The molecule has 0 fully saturated rings. The molecule has 0 amide bonds. The minimum atomic E-state index is 0. The van der Waals surface area contributed by atoms with Crippen LogP contribution in [0.2, 0.25) is 0 Å². The summed E-state index contributed by atoms with van der Waals surface area (Å²) >= 11 is 0.300. The van der Waals surface area contributed by atoms with Crippen molar-refractivity contribution in [2.24, 2.45) is 0 Å². The van der Waals surface area contributed by atoms with Crippen molar-refractivity contribution in [2.45, 2.75) is 0 Å². The quantitative estimate of drug-likeness (QED) is 0.503. The Morgan fingerprint density at radius 3 is 1.25 bits per heavy atom. The fourth-order valence-electron chi connectivity index (χ4n) is 0. The summed E-state index contributed by atoms with van der Waals surface area (Å²) in [6, 6.07) is 0. The summed E-state index contributed by atoms with van der Waals surface area (Å²) in [6.07, 6.45) is 0. The van der Waals surface area contributed by atoms with Crippen LogP contribution in [0.25, 0.3) is 0 Å². The molecule has 0 saturated heterocycles. The van der Waals surface area contributed by atoms with Gasteiger partial charge in [0.2, 0.25) is 0 Å². The zero-order valence-corrected chi connectivity index (χ0v) is 4.14. The second-order valence-electron chi connectivity index (χ2n) is 0. The van der Waals surface area contributed by atoms with Crippen LogP contribution in [0, 0.1) is 0 Å². The van der Waals surface area contributed by atoms with Crippen LogP contribution in [0.4, 0.5) is 4.70 Å². The van der Waals surface area contributed by atoms with Gasteiger partial charge in [-0.2, -0.15) is 0 Å². The van der Waals surface area contributed by atoms with Crippen molar-refractivity contribution in [1.82, 2.24) is 0 Å². The topological polar surface area (TPSA) is 17.1 Å². The van der Waals surface area contributed by atoms with Crippen molar-refractivity contribution < 1.29 is 7.78 Å². The van der Waals surface area contributed by atoms with E-state index in [4.69, 9.17) is 3.08 Å². The van der Waals surface area contributed by atoms with Gasteiger partial charge in [-0.15, -0.1) is 0 Å². The standard InChI is InChI=1S/F.In.O.Sn.3H. The molecule has 1 nitrogen and oxygen atoms in total. The average molecular weight is 272 g/mol. The predicted molar refractivity (Wildman–Crippen MR) is 17.5 cm³/mol. The third-order valence-electron chi connectivity index (χ3n) is 0. The van der Waals surface area contributed by atoms with Crippen molar-refractivity contribution in [3.05, 3.63) is 0 Å². The Hall–Kier alpha value is 1.40. The van der Waals surface area contributed by atoms with Gasteiger partial charge in [0.25, 0.3) is 0 Å². The van der Waals surface area contributed by atoms with Crippen LogP contribution in [0.3, 0.4) is 0 Å². The molecule has 0 heterocycles. The van der Waals surface area contributed by atoms with E-state index in [0.29, 0.717) is 22.5 Å². The van der Waals surface area contributed by atoms with Crippen LogP contribution in [0.1, 0.15) is 0 Å². The SMILES string of the molecule is [F].[InH3].[O]=[Sn]. The van der Waals surface area contributed by atoms with Gasteiger partial charge >= 0.3 is 51.4 Å². The Morgan fingerprint density at radius 1 is 1.25 bits per heavy atom. The summed E-state index contributed by atoms with van der Waals surface area (Å²) in [7, 11) is 0. The van der Waals surface area contributed by atoms with E-state index in [1.807, 2.05) is 0 Å². The van der Waals surface area contributed by atoms with E-state index in [1.165, 1.54) is 0 Å². The summed E-state index contributed by atoms with van der Waals surface area (Å²) in [5.41, 5.74) is 0. The van der Waals surface area contributed by atoms with Crippen molar-refractivity contribution >= 4 is 48.4 Å². The molecular formula is H3FInOSn. The third kappa shape index (κ3) is 10.00. The Balaban J connectivity index is -0.00000000500. The summed E-state index contributed by atoms with van der Waals surface area (Å²) < 4.78 is 8.34. The van der Waals surface area contributed by atoms with Crippen LogP contribution < -0.4 is 0 Å². The molecule has 0 saturated carbocycles. The van der Waals surface area contributed by atoms with Gasteiger partial charge in [-0.3, -0.25) is 0 Å². The molecule has 0 atom stereocenters. The van der Waals surface area contributed by atoms with Gasteiger partial charge in [0, 0.05) is 4.70 Å². The number of rotatable bonds is 0. The molecule has 0 aliphatic rings. The molecule has 0 rings (SSSR count). The van der Waals surface area contributed by atoms with Gasteiger partial charge in [-0.05, 0) is 0 Å². The van der Waals surface area contributed by atoms with Gasteiger partial charge in [-0.1, -0.05) is 0 Å². The monoisotopic (exact) mass is 273 g/mol. The van der Waals surface area contributed by atoms with E-state index in [9.17, 15) is 0 Å². The molecule has 0 unspecified atom stereocenters. The Morgan fingerprint density at radius 2 is 1.25 bits per heavy atom. The van der Waals surface area contributed by atoms with Crippen molar-refractivity contribution in [2.75, 3.05) is 0 Å². The molecule has 0 aromatic heterocycles. The first kappa shape index (κ1) is 18.2. The Labute approximate surface area is 55.8 Å². The maximum atomic E-state index is 8.34. The van der Waals surface area contributed by atoms with Crippen LogP contribution in [-0.2, 0) is 3.08 Å². The van der Waals surface area contributed by atoms with Gasteiger partial charge in [0.1, 0.15) is 0 Å². The molecule has 0 aliphatic heterocycles. The normalized spacial score (nSPS) is 1.00. The van der Waals surface area contributed by atoms with Crippen LogP contribution in [-0.4, -0.2) is 48.4 Å². The summed E-state index contributed by atoms with van der Waals surface area (Å²) in [5, 5.41) is 0. The first-order valence-corrected chi connectivity index (χ1v) is 1.37. The van der Waals surface area contributed by atoms with Crippen LogP contribution in [0.15, 0.2) is 0 Å². The molecule has 3 radical (unpaired) electrons. The van der Waals surface area contributed by atoms with Gasteiger partial charge in [0.15, 0.2) is 0 Å². The molecule has 0 spiro atoms. The van der Waals surface area contributed by atoms with Crippen molar-refractivity contribution in [3.63, 3.8) is 0 Å². The Kier molecular flexibility index (Phi) is 118. The van der Waals surface area contributed by atoms with Crippen LogP contribution in [0.5, 0.6) is 0 Å². The fourth-order valence-corrected chi connectivity index (χ4v) is 0. The first-order chi connectivity index (χ1) is 1.00. The summed E-state index contributed by atoms with van der Waals surface area (Å²) in [6.45, 7) is 0. The van der Waals surface area contributed by atoms with Crippen molar-refractivity contribution in [3.8, 4) is 0 Å². The fraction of sp³-hybridized carbons (Fsp3) is 0. The van der Waals surface area contributed by atoms with E-state index in [-0.39, 0.29) is 30.5 Å². The molecule has 0 aliphatic carbocycles. The average Bonchev–Trinajstić information content (AvgIpc) is 1.00. The molecule has 4 heavy (non-hydrogen) atoms. The zero-order valence-electron chi connectivity index (χ0n) is 1.29. The molecule has 0 bridgehead atoms. The third-order valence-corrected chi connectivity index (χ3v) is 0. The second-order valence-corrected chi connectivity index (χ2v) is 0. The van der Waals surface area contributed by atoms with E-state index in [0.717, 1.165) is 0 Å². The number of halogens is 1. The minimum absolute atomic E-state index is 0. The predicted octanol–water partition coefficient (Wildman–Crippen LogP) is -1.26. The molecule has 0 aromatic rings. The molecule has 0 N–H and O–H groups in total. The van der Waals surface area contributed by atoms with E-state index in [1.54, 1.807) is 0 Å². The number of hydrogen-bond acceptors (Lipinski definition) is 1. The van der Waals surface area contributed by atoms with E-state index < -0.39 is 0 Å². The van der Waals surface area contributed by atoms with E-state index in [2.05, 4.69) is 0 Å². The maximum absolute atomic E-state index is 8.34. The van der Waals surface area contributed by atoms with Gasteiger partial charge < -0.3 is 0 Å². The summed E-state index contributed by atoms with van der Waals surface area (Å²) in [4.78, 5) is 0. The molecule has 0 aromatic carbocycles. The first-order valence-electron chi connectivity index (χ1n) is 0.204. The zero-order chi connectivity index (χ0) is 2.00. The van der Waals surface area contributed by atoms with E-state index >= 15 is 0 Å². The van der Waals surface area contributed by atoms with Crippen molar-refractivity contribution in [1.29, 1.82) is 0 Å². The van der Waals surface area contributed by atoms with Gasteiger partial charge in [-0.25, -0.2) is 0 Å². The molecule has 4 heteroatoms. The number of hydrogen-bond donors (Lipinski definition) is 0. The Bertz CT molecular complexity index is 8.00. The summed E-state index contributed by atoms with van der Waals surface area (Å²) in [5.74, 6) is 0. The second kappa shape index (κ2) is 26.0. The molecular weight excluding hydrogens is 269 g/mol. The van der Waals surface area contributed by atoms with Crippen LogP contribution >= 0.6 is 0 Å².